The van der Waals surface area contributed by atoms with Crippen LogP contribution in [-0.2, 0) is 6.54 Å². The summed E-state index contributed by atoms with van der Waals surface area (Å²) in [6.45, 7) is -0.145. The van der Waals surface area contributed by atoms with Gasteiger partial charge >= 0.3 is 6.18 Å². The van der Waals surface area contributed by atoms with Crippen molar-refractivity contribution >= 4 is 22.5 Å². The first-order valence-electron chi connectivity index (χ1n) is 10.7. The first kappa shape index (κ1) is 21.4. The Balaban J connectivity index is 1.63. The van der Waals surface area contributed by atoms with Crippen molar-refractivity contribution < 1.29 is 22.4 Å². The fraction of sp³-hybridized carbons (Fsp3) is 0.364. The number of carbonyl (C=O) groups is 1. The molecule has 5 heterocycles. The molecule has 1 amide bonds. The number of imidazole rings is 1. The van der Waals surface area contributed by atoms with Crippen LogP contribution in [0.1, 0.15) is 36.2 Å². The molecular weight excluding hydrogens is 440 g/mol. The van der Waals surface area contributed by atoms with Gasteiger partial charge in [-0.1, -0.05) is 12.8 Å². The summed E-state index contributed by atoms with van der Waals surface area (Å²) in [5.74, 6) is -0.872. The number of alkyl halides is 3. The zero-order chi connectivity index (χ0) is 23.2. The number of fused-ring (bicyclic) bond motifs is 2. The van der Waals surface area contributed by atoms with Crippen molar-refractivity contribution in [3.05, 3.63) is 48.3 Å². The van der Waals surface area contributed by atoms with Gasteiger partial charge in [0.1, 0.15) is 17.9 Å². The maximum absolute atomic E-state index is 14.1. The second kappa shape index (κ2) is 8.13. The summed E-state index contributed by atoms with van der Waals surface area (Å²) in [5.41, 5.74) is 0.731. The van der Waals surface area contributed by atoms with Gasteiger partial charge in [0.15, 0.2) is 11.5 Å². The third kappa shape index (κ3) is 4.03. The van der Waals surface area contributed by atoms with E-state index in [0.717, 1.165) is 30.4 Å². The van der Waals surface area contributed by atoms with Gasteiger partial charge in [-0.3, -0.25) is 18.9 Å². The number of hydrogen-bond acceptors (Lipinski definition) is 4. The number of aromatic nitrogens is 5. The number of rotatable bonds is 3. The predicted molar refractivity (Wildman–Crippen MR) is 112 cm³/mol. The lowest BCUT2D eigenvalue weighted by Gasteiger charge is -2.19. The van der Waals surface area contributed by atoms with Crippen molar-refractivity contribution in [1.82, 2.24) is 29.0 Å². The van der Waals surface area contributed by atoms with E-state index in [-0.39, 0.29) is 28.5 Å². The van der Waals surface area contributed by atoms with Gasteiger partial charge in [0.25, 0.3) is 5.91 Å². The quantitative estimate of drug-likeness (QED) is 0.424. The Morgan fingerprint density at radius 3 is 2.55 bits per heavy atom. The monoisotopic (exact) mass is 460 g/mol. The summed E-state index contributed by atoms with van der Waals surface area (Å²) in [6.07, 6.45) is 3.59. The number of likely N-dealkylation sites (tertiary alicyclic amines) is 1. The maximum atomic E-state index is 14.1. The van der Waals surface area contributed by atoms with E-state index in [1.165, 1.54) is 35.0 Å². The smallest absolute Gasteiger partial charge is 0.337 e. The highest BCUT2D eigenvalue weighted by Crippen LogP contribution is 2.31. The number of nitrogens with zero attached hydrogens (tertiary/aromatic N) is 6. The highest BCUT2D eigenvalue weighted by molar-refractivity contribution is 5.99. The Morgan fingerprint density at radius 1 is 1.06 bits per heavy atom. The minimum Gasteiger partial charge on any atom is -0.337 e. The van der Waals surface area contributed by atoms with Gasteiger partial charge in [0.05, 0.1) is 17.4 Å². The lowest BCUT2D eigenvalue weighted by Crippen LogP contribution is -2.32. The largest absolute Gasteiger partial charge is 0.408 e. The molecule has 33 heavy (non-hydrogen) atoms. The molecule has 1 aliphatic heterocycles. The standard InChI is InChI=1S/C22H20F4N6O/c23-15-6-5-9-31-18(12-28-20(15)31)19-14-11-27-16(21(33)30-7-3-1-2-4-8-30)10-17(14)32(29-19)13-22(24,25)26/h5-6,9-12H,1-4,7-8,13H2. The average Bonchev–Trinajstić information content (AvgIpc) is 3.23. The third-order valence-electron chi connectivity index (χ3n) is 5.81. The Hall–Kier alpha value is -3.50. The first-order valence-corrected chi connectivity index (χ1v) is 10.7. The second-order valence-electron chi connectivity index (χ2n) is 8.11. The van der Waals surface area contributed by atoms with E-state index in [1.807, 2.05) is 0 Å². The van der Waals surface area contributed by atoms with Crippen LogP contribution >= 0.6 is 0 Å². The minimum absolute atomic E-state index is 0.0342. The summed E-state index contributed by atoms with van der Waals surface area (Å²) < 4.78 is 56.2. The Kier molecular flexibility index (Phi) is 5.26. The number of pyridine rings is 2. The summed E-state index contributed by atoms with van der Waals surface area (Å²) in [7, 11) is 0. The first-order chi connectivity index (χ1) is 15.8. The average molecular weight is 460 g/mol. The lowest BCUT2D eigenvalue weighted by atomic mass is 10.2. The second-order valence-corrected chi connectivity index (χ2v) is 8.11. The van der Waals surface area contributed by atoms with Gasteiger partial charge in [-0.25, -0.2) is 9.37 Å². The number of halogens is 4. The topological polar surface area (TPSA) is 68.3 Å². The molecule has 0 atom stereocenters. The van der Waals surface area contributed by atoms with Gasteiger partial charge in [-0.15, -0.1) is 0 Å². The van der Waals surface area contributed by atoms with Crippen LogP contribution in [0.2, 0.25) is 0 Å². The van der Waals surface area contributed by atoms with Gasteiger partial charge in [-0.05, 0) is 31.0 Å². The molecule has 0 radical (unpaired) electrons. The van der Waals surface area contributed by atoms with Crippen molar-refractivity contribution in [1.29, 1.82) is 0 Å². The molecule has 0 saturated carbocycles. The van der Waals surface area contributed by atoms with E-state index in [9.17, 15) is 22.4 Å². The summed E-state index contributed by atoms with van der Waals surface area (Å²) in [6, 6.07) is 4.07. The molecule has 0 spiro atoms. The minimum atomic E-state index is -4.53. The molecule has 11 heteroatoms. The summed E-state index contributed by atoms with van der Waals surface area (Å²) in [5, 5.41) is 4.49. The van der Waals surface area contributed by atoms with E-state index in [1.54, 1.807) is 11.1 Å². The van der Waals surface area contributed by atoms with E-state index in [0.29, 0.717) is 24.2 Å². The molecule has 5 rings (SSSR count). The zero-order valence-electron chi connectivity index (χ0n) is 17.5. The van der Waals surface area contributed by atoms with Crippen LogP contribution < -0.4 is 0 Å². The predicted octanol–water partition coefficient (Wildman–Crippen LogP) is 4.46. The van der Waals surface area contributed by atoms with Crippen LogP contribution in [-0.4, -0.2) is 54.2 Å². The molecule has 4 aromatic rings. The van der Waals surface area contributed by atoms with Crippen LogP contribution in [0.25, 0.3) is 27.9 Å². The van der Waals surface area contributed by atoms with Gasteiger partial charge in [0, 0.05) is 30.9 Å². The number of carbonyl (C=O) groups excluding carboxylic acids is 1. The van der Waals surface area contributed by atoms with Crippen LogP contribution in [0.5, 0.6) is 0 Å². The summed E-state index contributed by atoms with van der Waals surface area (Å²) >= 11 is 0. The van der Waals surface area contributed by atoms with Crippen LogP contribution in [0.15, 0.2) is 36.8 Å². The molecule has 0 aliphatic carbocycles. The Morgan fingerprint density at radius 2 is 1.82 bits per heavy atom. The Bertz CT molecular complexity index is 1330. The van der Waals surface area contributed by atoms with Crippen LogP contribution in [0.3, 0.4) is 0 Å². The fourth-order valence-electron chi connectivity index (χ4n) is 4.25. The third-order valence-corrected chi connectivity index (χ3v) is 5.81. The fourth-order valence-corrected chi connectivity index (χ4v) is 4.25. The molecule has 1 aliphatic rings. The van der Waals surface area contributed by atoms with Gasteiger partial charge in [-0.2, -0.15) is 18.3 Å². The molecule has 0 aromatic carbocycles. The van der Waals surface area contributed by atoms with Crippen molar-refractivity contribution in [2.75, 3.05) is 13.1 Å². The van der Waals surface area contributed by atoms with Crippen molar-refractivity contribution in [2.45, 2.75) is 38.4 Å². The zero-order valence-corrected chi connectivity index (χ0v) is 17.5. The van der Waals surface area contributed by atoms with E-state index < -0.39 is 18.5 Å². The van der Waals surface area contributed by atoms with Gasteiger partial charge in [0.2, 0.25) is 0 Å². The lowest BCUT2D eigenvalue weighted by molar-refractivity contribution is -0.141. The van der Waals surface area contributed by atoms with Crippen molar-refractivity contribution in [3.8, 4) is 11.4 Å². The molecule has 0 bridgehead atoms. The van der Waals surface area contributed by atoms with Crippen LogP contribution in [0.4, 0.5) is 17.6 Å². The highest BCUT2D eigenvalue weighted by atomic mass is 19.4. The van der Waals surface area contributed by atoms with E-state index >= 15 is 0 Å². The molecule has 4 aromatic heterocycles. The molecule has 1 saturated heterocycles. The molecule has 0 N–H and O–H groups in total. The number of amides is 1. The molecular formula is C22H20F4N6O. The van der Waals surface area contributed by atoms with Crippen molar-refractivity contribution in [3.63, 3.8) is 0 Å². The van der Waals surface area contributed by atoms with Crippen molar-refractivity contribution in [2.24, 2.45) is 0 Å². The SMILES string of the molecule is O=C(c1cc2c(cn1)c(-c1cnc3c(F)cccn13)nn2CC(F)(F)F)N1CCCCCC1. The van der Waals surface area contributed by atoms with Crippen LogP contribution in [0, 0.1) is 5.82 Å². The van der Waals surface area contributed by atoms with E-state index in [4.69, 9.17) is 0 Å². The Labute approximate surface area is 185 Å². The normalized spacial score (nSPS) is 15.3. The van der Waals surface area contributed by atoms with E-state index in [2.05, 4.69) is 15.1 Å². The molecule has 0 unspecified atom stereocenters. The summed E-state index contributed by atoms with van der Waals surface area (Å²) in [4.78, 5) is 23.0. The molecule has 172 valence electrons. The van der Waals surface area contributed by atoms with Gasteiger partial charge < -0.3 is 4.90 Å². The maximum Gasteiger partial charge on any atom is 0.408 e. The highest BCUT2D eigenvalue weighted by Gasteiger charge is 2.31. The number of hydrogen-bond donors (Lipinski definition) is 0. The molecule has 7 nitrogen and oxygen atoms in total. The molecule has 1 fully saturated rings.